The molecule has 2 N–H and O–H groups in total. The van der Waals surface area contributed by atoms with Crippen molar-refractivity contribution in [2.24, 2.45) is 11.8 Å². The fourth-order valence-corrected chi connectivity index (χ4v) is 9.29. The van der Waals surface area contributed by atoms with Crippen molar-refractivity contribution in [2.75, 3.05) is 142 Å². The number of likely N-dealkylation sites (N-methyl/N-ethyl adjacent to an activating group) is 10. The van der Waals surface area contributed by atoms with E-state index in [4.69, 9.17) is 0 Å². The Morgan fingerprint density at radius 2 is 0.691 bits per heavy atom. The van der Waals surface area contributed by atoms with E-state index in [1.54, 1.807) is 42.4 Å². The molecular weight excluding hydrogens is 1090 g/mol. The molecule has 81 heavy (non-hydrogen) atoms. The van der Waals surface area contributed by atoms with Crippen LogP contribution in [0.5, 0.6) is 0 Å². The summed E-state index contributed by atoms with van der Waals surface area (Å²) in [6.07, 6.45) is 1.63. The van der Waals surface area contributed by atoms with Gasteiger partial charge in [0.05, 0.1) is 71.5 Å². The van der Waals surface area contributed by atoms with Crippen LogP contribution in [0.4, 0.5) is 0 Å². The van der Waals surface area contributed by atoms with Crippen molar-refractivity contribution >= 4 is 104 Å². The third-order valence-corrected chi connectivity index (χ3v) is 16.6. The maximum atomic E-state index is 13.0. The van der Waals surface area contributed by atoms with Gasteiger partial charge in [-0.15, -0.1) is 0 Å². The van der Waals surface area contributed by atoms with Gasteiger partial charge in [0, 0.05) is 118 Å². The molecule has 1 unspecified atom stereocenters. The molecule has 460 valence electrons. The van der Waals surface area contributed by atoms with Crippen LogP contribution in [0.2, 0.25) is 0 Å². The Bertz CT molecular complexity index is 2250. The summed E-state index contributed by atoms with van der Waals surface area (Å²) in [5.41, 5.74) is 0. The monoisotopic (exact) mass is 1180 g/mol. The molecule has 0 bridgehead atoms. The lowest BCUT2D eigenvalue weighted by atomic mass is 10.0. The molecule has 0 aromatic rings. The summed E-state index contributed by atoms with van der Waals surface area (Å²) in [7, 11) is 16.8. The standard InChI is InChI=1S/C53H92N12O14S2/c1-35(2)51(78)38(6)55-40(67)24-56(9)42(69)26-58(11)44(71)28-60(13)46(73)30-62(15)48(75)32-64(17)50(77)33-65(18)49(76)31-63(16)47(74)29-61(14)45(72)27-59(12)43(70)25-57(10)41(68)21-19-20-39(66)23-22-37(5)80-81-53(7,8)34-54-52(79)36(3)4/h35-38H,19-34H2,1-18H3,(H,54,79)(H,55,67)/t37?,38-/m0/s1. The summed E-state index contributed by atoms with van der Waals surface area (Å²) in [5, 5.41) is 5.69. The van der Waals surface area contributed by atoms with Crippen LogP contribution in [0.15, 0.2) is 0 Å². The van der Waals surface area contributed by atoms with Gasteiger partial charge in [0.2, 0.25) is 70.9 Å². The molecule has 0 fully saturated rings. The first-order chi connectivity index (χ1) is 37.3. The molecule has 0 aliphatic rings. The third-order valence-electron chi connectivity index (χ3n) is 12.7. The van der Waals surface area contributed by atoms with E-state index in [1.807, 2.05) is 20.8 Å². The average molecular weight is 1190 g/mol. The van der Waals surface area contributed by atoms with Crippen molar-refractivity contribution in [1.82, 2.24) is 59.6 Å². The summed E-state index contributed by atoms with van der Waals surface area (Å²) >= 11 is 0. The fraction of sp³-hybridized carbons (Fsp3) is 0.736. The number of rotatable bonds is 36. The van der Waals surface area contributed by atoms with Crippen molar-refractivity contribution in [1.29, 1.82) is 0 Å². The number of carbonyl (C=O) groups excluding carboxylic acids is 14. The van der Waals surface area contributed by atoms with Crippen LogP contribution < -0.4 is 10.6 Å². The Kier molecular flexibility index (Phi) is 33.4. The van der Waals surface area contributed by atoms with Crippen LogP contribution in [-0.2, 0) is 67.1 Å². The van der Waals surface area contributed by atoms with E-state index < -0.39 is 117 Å². The molecule has 12 amide bonds. The molecule has 0 rings (SSSR count). The molecule has 0 radical (unpaired) electrons. The van der Waals surface area contributed by atoms with Gasteiger partial charge >= 0.3 is 0 Å². The fourth-order valence-electron chi connectivity index (χ4n) is 6.78. The molecule has 0 aromatic heterocycles. The van der Waals surface area contributed by atoms with Gasteiger partial charge < -0.3 is 59.6 Å². The first-order valence-corrected chi connectivity index (χ1v) is 28.9. The smallest absolute Gasteiger partial charge is 0.242 e. The number of nitrogens with zero attached hydrogens (tertiary/aromatic N) is 10. The molecule has 0 aromatic carbocycles. The molecule has 2 atom stereocenters. The number of amides is 12. The van der Waals surface area contributed by atoms with Gasteiger partial charge in [-0.05, 0) is 33.6 Å². The Morgan fingerprint density at radius 3 is 0.988 bits per heavy atom. The topological polar surface area (TPSA) is 295 Å². The SMILES string of the molecule is CC(CCC(=O)CCCC(=O)N(C)CC(=O)N(C)CC(=O)N(C)CC(=O)N(C)CC(=O)N(C)CC(=O)N(C)CC(=O)N(C)CC(=O)N(C)CC(=O)N(C)CC(=O)N(C)CC(=O)N[C@@H](C)C(=O)C(C)C)SSC(C)(C)CNC(=O)C(C)C. The highest BCUT2D eigenvalue weighted by Gasteiger charge is 2.28. The minimum absolute atomic E-state index is 0.00255. The first kappa shape index (κ1) is 74.7. The van der Waals surface area contributed by atoms with E-state index in [2.05, 4.69) is 24.5 Å². The highest BCUT2D eigenvalue weighted by molar-refractivity contribution is 8.77. The molecule has 0 spiro atoms. The zero-order chi connectivity index (χ0) is 62.8. The maximum absolute atomic E-state index is 13.0. The summed E-state index contributed by atoms with van der Waals surface area (Å²) in [5.74, 6) is -6.89. The van der Waals surface area contributed by atoms with Crippen molar-refractivity contribution in [3.8, 4) is 0 Å². The highest BCUT2D eigenvalue weighted by atomic mass is 33.1. The quantitative estimate of drug-likeness (QED) is 0.0722. The molecule has 26 nitrogen and oxygen atoms in total. The predicted molar refractivity (Wildman–Crippen MR) is 308 cm³/mol. The third kappa shape index (κ3) is 29.8. The minimum Gasteiger partial charge on any atom is -0.354 e. The second-order valence-electron chi connectivity index (χ2n) is 21.9. The van der Waals surface area contributed by atoms with Gasteiger partial charge in [-0.3, -0.25) is 67.1 Å². The van der Waals surface area contributed by atoms with Crippen molar-refractivity contribution in [3.05, 3.63) is 0 Å². The molecule has 28 heteroatoms. The van der Waals surface area contributed by atoms with E-state index in [0.717, 1.165) is 44.1 Å². The number of ketones is 2. The molecule has 0 saturated heterocycles. The Balaban J connectivity index is 4.82. The van der Waals surface area contributed by atoms with Crippen molar-refractivity contribution in [3.63, 3.8) is 0 Å². The average Bonchev–Trinajstić information content (AvgIpc) is 3.37. The lowest BCUT2D eigenvalue weighted by molar-refractivity contribution is -0.146. The summed E-state index contributed by atoms with van der Waals surface area (Å²) in [6.45, 7) is 11.1. The first-order valence-electron chi connectivity index (χ1n) is 26.7. The Labute approximate surface area is 486 Å². The van der Waals surface area contributed by atoms with Crippen molar-refractivity contribution < 1.29 is 67.1 Å². The van der Waals surface area contributed by atoms with E-state index in [-0.39, 0.29) is 71.1 Å². The van der Waals surface area contributed by atoms with Crippen LogP contribution in [0.1, 0.15) is 87.5 Å². The van der Waals surface area contributed by atoms with E-state index >= 15 is 0 Å². The summed E-state index contributed by atoms with van der Waals surface area (Å²) in [6, 6.07) is -0.740. The zero-order valence-corrected chi connectivity index (χ0v) is 52.8. The van der Waals surface area contributed by atoms with Crippen LogP contribution in [0, 0.1) is 11.8 Å². The second-order valence-corrected chi connectivity index (χ2v) is 25.2. The Hall–Kier alpha value is -6.32. The summed E-state index contributed by atoms with van der Waals surface area (Å²) in [4.78, 5) is 189. The van der Waals surface area contributed by atoms with Crippen LogP contribution in [0.25, 0.3) is 0 Å². The second kappa shape index (κ2) is 36.2. The zero-order valence-electron chi connectivity index (χ0n) is 51.1. The molecule has 0 aliphatic carbocycles. The van der Waals surface area contributed by atoms with Gasteiger partial charge in [0.1, 0.15) is 5.78 Å². The van der Waals surface area contributed by atoms with Gasteiger partial charge in [0.15, 0.2) is 5.78 Å². The van der Waals surface area contributed by atoms with Gasteiger partial charge in [0.25, 0.3) is 0 Å². The minimum atomic E-state index is -0.740. The van der Waals surface area contributed by atoms with Gasteiger partial charge in [-0.2, -0.15) is 0 Å². The lowest BCUT2D eigenvalue weighted by Gasteiger charge is -2.27. The molecular formula is C53H92N12O14S2. The van der Waals surface area contributed by atoms with Crippen LogP contribution >= 0.6 is 21.6 Å². The number of hydrogen-bond acceptors (Lipinski definition) is 16. The maximum Gasteiger partial charge on any atom is 0.242 e. The highest BCUT2D eigenvalue weighted by Crippen LogP contribution is 2.39. The number of hydrogen-bond donors (Lipinski definition) is 2. The van der Waals surface area contributed by atoms with Gasteiger partial charge in [-0.25, -0.2) is 0 Å². The van der Waals surface area contributed by atoms with Gasteiger partial charge in [-0.1, -0.05) is 56.2 Å². The number of Topliss-reactive ketones (excluding diaryl/α,β-unsaturated/α-hetero) is 2. The normalized spacial score (nSPS) is 11.8. The number of nitrogens with one attached hydrogen (secondary N) is 2. The van der Waals surface area contributed by atoms with Crippen molar-refractivity contribution in [2.45, 2.75) is 104 Å². The van der Waals surface area contributed by atoms with E-state index in [0.29, 0.717) is 25.8 Å². The summed E-state index contributed by atoms with van der Waals surface area (Å²) < 4.78 is -0.190. The van der Waals surface area contributed by atoms with E-state index in [9.17, 15) is 67.1 Å². The molecule has 0 heterocycles. The molecule has 0 aliphatic heterocycles. The predicted octanol–water partition coefficient (Wildman–Crippen LogP) is -0.860. The largest absolute Gasteiger partial charge is 0.354 e. The Morgan fingerprint density at radius 1 is 0.395 bits per heavy atom. The lowest BCUT2D eigenvalue weighted by Crippen LogP contribution is -2.49. The molecule has 0 saturated carbocycles. The van der Waals surface area contributed by atoms with E-state index in [1.165, 1.54) is 75.4 Å². The van der Waals surface area contributed by atoms with Crippen LogP contribution in [0.3, 0.4) is 0 Å². The number of carbonyl (C=O) groups is 14. The van der Waals surface area contributed by atoms with Crippen LogP contribution in [-0.4, -0.2) is 290 Å².